The summed E-state index contributed by atoms with van der Waals surface area (Å²) < 4.78 is 24.7. The zero-order valence-electron chi connectivity index (χ0n) is 10.7. The normalized spacial score (nSPS) is 31.0. The van der Waals surface area contributed by atoms with Gasteiger partial charge in [0.15, 0.2) is 9.84 Å². The standard InChI is InChI=1S/C13H19NO2S/c1-7-5-11-12(6-8(7)2)17(15,16)10(4)9(3)13(11)14/h5-6,9-10,13H,14H2,1-4H3. The summed E-state index contributed by atoms with van der Waals surface area (Å²) in [5, 5.41) is -0.410. The molecule has 0 aromatic heterocycles. The van der Waals surface area contributed by atoms with Crippen LogP contribution >= 0.6 is 0 Å². The lowest BCUT2D eigenvalue weighted by Crippen LogP contribution is -2.39. The third kappa shape index (κ3) is 1.70. The van der Waals surface area contributed by atoms with Crippen LogP contribution in [0.3, 0.4) is 0 Å². The van der Waals surface area contributed by atoms with Gasteiger partial charge >= 0.3 is 0 Å². The predicted octanol–water partition coefficient (Wildman–Crippen LogP) is 2.12. The molecule has 1 aliphatic heterocycles. The van der Waals surface area contributed by atoms with Crippen molar-refractivity contribution in [2.45, 2.75) is 43.9 Å². The van der Waals surface area contributed by atoms with Crippen molar-refractivity contribution in [3.05, 3.63) is 28.8 Å². The van der Waals surface area contributed by atoms with E-state index in [4.69, 9.17) is 5.73 Å². The van der Waals surface area contributed by atoms with Crippen molar-refractivity contribution in [2.24, 2.45) is 11.7 Å². The molecular formula is C13H19NO2S. The molecule has 1 heterocycles. The summed E-state index contributed by atoms with van der Waals surface area (Å²) in [6.45, 7) is 7.57. The molecule has 94 valence electrons. The summed E-state index contributed by atoms with van der Waals surface area (Å²) in [5.41, 5.74) is 9.03. The van der Waals surface area contributed by atoms with E-state index in [2.05, 4.69) is 0 Å². The summed E-state index contributed by atoms with van der Waals surface area (Å²) in [5.74, 6) is -0.0467. The predicted molar refractivity (Wildman–Crippen MR) is 68.7 cm³/mol. The second kappa shape index (κ2) is 3.82. The maximum absolute atomic E-state index is 12.4. The fourth-order valence-corrected chi connectivity index (χ4v) is 4.38. The van der Waals surface area contributed by atoms with E-state index in [0.717, 1.165) is 16.7 Å². The van der Waals surface area contributed by atoms with Crippen molar-refractivity contribution in [3.63, 3.8) is 0 Å². The third-order valence-corrected chi connectivity index (χ3v) is 6.46. The van der Waals surface area contributed by atoms with Gasteiger partial charge in [-0.1, -0.05) is 13.0 Å². The Morgan fingerprint density at radius 2 is 1.65 bits per heavy atom. The molecule has 3 atom stereocenters. The number of hydrogen-bond acceptors (Lipinski definition) is 3. The molecule has 0 aliphatic carbocycles. The number of benzene rings is 1. The quantitative estimate of drug-likeness (QED) is 0.770. The maximum atomic E-state index is 12.4. The molecule has 0 saturated carbocycles. The Hall–Kier alpha value is -0.870. The third-order valence-electron chi connectivity index (χ3n) is 4.09. The van der Waals surface area contributed by atoms with Crippen molar-refractivity contribution >= 4 is 9.84 Å². The first-order chi connectivity index (χ1) is 7.76. The molecule has 0 fully saturated rings. The van der Waals surface area contributed by atoms with Crippen molar-refractivity contribution < 1.29 is 8.42 Å². The van der Waals surface area contributed by atoms with Crippen molar-refractivity contribution in [1.29, 1.82) is 0 Å². The molecule has 4 heteroatoms. The van der Waals surface area contributed by atoms with Gasteiger partial charge in [0.25, 0.3) is 0 Å². The van der Waals surface area contributed by atoms with E-state index in [-0.39, 0.29) is 12.0 Å². The lowest BCUT2D eigenvalue weighted by atomic mass is 9.90. The van der Waals surface area contributed by atoms with Crippen LogP contribution in [0.2, 0.25) is 0 Å². The average Bonchev–Trinajstić information content (AvgIpc) is 2.27. The monoisotopic (exact) mass is 253 g/mol. The lowest BCUT2D eigenvalue weighted by molar-refractivity contribution is 0.425. The number of fused-ring (bicyclic) bond motifs is 1. The molecule has 0 spiro atoms. The number of nitrogens with two attached hydrogens (primary N) is 1. The van der Waals surface area contributed by atoms with E-state index < -0.39 is 15.1 Å². The number of sulfone groups is 1. The first kappa shape index (κ1) is 12.6. The summed E-state index contributed by atoms with van der Waals surface area (Å²) in [6.07, 6.45) is 0. The van der Waals surface area contributed by atoms with Gasteiger partial charge in [0.1, 0.15) is 0 Å². The highest BCUT2D eigenvalue weighted by atomic mass is 32.2. The topological polar surface area (TPSA) is 60.2 Å². The van der Waals surface area contributed by atoms with Gasteiger partial charge in [-0.3, -0.25) is 0 Å². The molecule has 1 aromatic rings. The summed E-state index contributed by atoms with van der Waals surface area (Å²) in [6, 6.07) is 3.50. The minimum absolute atomic E-state index is 0.0467. The summed E-state index contributed by atoms with van der Waals surface area (Å²) in [7, 11) is -3.22. The Kier molecular flexibility index (Phi) is 2.83. The van der Waals surface area contributed by atoms with E-state index in [1.165, 1.54) is 0 Å². The van der Waals surface area contributed by atoms with Gasteiger partial charge in [-0.25, -0.2) is 8.42 Å². The van der Waals surface area contributed by atoms with Gasteiger partial charge in [0, 0.05) is 6.04 Å². The van der Waals surface area contributed by atoms with Crippen LogP contribution in [-0.4, -0.2) is 13.7 Å². The van der Waals surface area contributed by atoms with Crippen molar-refractivity contribution in [2.75, 3.05) is 0 Å². The Morgan fingerprint density at radius 3 is 2.24 bits per heavy atom. The largest absolute Gasteiger partial charge is 0.324 e. The number of hydrogen-bond donors (Lipinski definition) is 1. The minimum atomic E-state index is -3.22. The average molecular weight is 253 g/mol. The molecule has 0 saturated heterocycles. The van der Waals surface area contributed by atoms with Crippen molar-refractivity contribution in [3.8, 4) is 0 Å². The van der Waals surface area contributed by atoms with E-state index in [1.807, 2.05) is 26.8 Å². The molecular weight excluding hydrogens is 234 g/mol. The summed E-state index contributed by atoms with van der Waals surface area (Å²) in [4.78, 5) is 0.429. The highest BCUT2D eigenvalue weighted by molar-refractivity contribution is 7.92. The molecule has 1 aromatic carbocycles. The van der Waals surface area contributed by atoms with Gasteiger partial charge < -0.3 is 5.73 Å². The van der Waals surface area contributed by atoms with Gasteiger partial charge in [0.2, 0.25) is 0 Å². The first-order valence-electron chi connectivity index (χ1n) is 5.87. The lowest BCUT2D eigenvalue weighted by Gasteiger charge is -2.34. The van der Waals surface area contributed by atoms with Gasteiger partial charge in [-0.05, 0) is 49.4 Å². The van der Waals surface area contributed by atoms with Crippen LogP contribution < -0.4 is 5.73 Å². The van der Waals surface area contributed by atoms with Crippen LogP contribution in [0.5, 0.6) is 0 Å². The van der Waals surface area contributed by atoms with Gasteiger partial charge in [-0.15, -0.1) is 0 Å². The molecule has 0 amide bonds. The first-order valence-corrected chi connectivity index (χ1v) is 7.42. The van der Waals surface area contributed by atoms with Crippen LogP contribution in [-0.2, 0) is 9.84 Å². The van der Waals surface area contributed by atoms with E-state index in [9.17, 15) is 8.42 Å². The van der Waals surface area contributed by atoms with Gasteiger partial charge in [-0.2, -0.15) is 0 Å². The highest BCUT2D eigenvalue weighted by Gasteiger charge is 2.40. The van der Waals surface area contributed by atoms with Gasteiger partial charge in [0.05, 0.1) is 10.1 Å². The van der Waals surface area contributed by atoms with Crippen LogP contribution in [0, 0.1) is 19.8 Å². The number of aryl methyl sites for hydroxylation is 2. The molecule has 2 rings (SSSR count). The van der Waals surface area contributed by atoms with Crippen molar-refractivity contribution in [1.82, 2.24) is 0 Å². The van der Waals surface area contributed by atoms with Crippen LogP contribution in [0.4, 0.5) is 0 Å². The zero-order chi connectivity index (χ0) is 13.0. The maximum Gasteiger partial charge on any atom is 0.181 e. The van der Waals surface area contributed by atoms with E-state index >= 15 is 0 Å². The molecule has 17 heavy (non-hydrogen) atoms. The molecule has 3 nitrogen and oxygen atoms in total. The van der Waals surface area contributed by atoms with E-state index in [0.29, 0.717) is 4.90 Å². The highest BCUT2D eigenvalue weighted by Crippen LogP contribution is 2.39. The summed E-state index contributed by atoms with van der Waals surface area (Å²) >= 11 is 0. The zero-order valence-corrected chi connectivity index (χ0v) is 11.5. The Labute approximate surface area is 103 Å². The van der Waals surface area contributed by atoms with Crippen LogP contribution in [0.15, 0.2) is 17.0 Å². The fraction of sp³-hybridized carbons (Fsp3) is 0.538. The SMILES string of the molecule is Cc1cc2c(cc1C)S(=O)(=O)C(C)C(C)C2N. The number of rotatable bonds is 0. The van der Waals surface area contributed by atoms with E-state index in [1.54, 1.807) is 13.0 Å². The Bertz CT molecular complexity index is 563. The molecule has 0 radical (unpaired) electrons. The molecule has 2 N–H and O–H groups in total. The molecule has 3 unspecified atom stereocenters. The minimum Gasteiger partial charge on any atom is -0.324 e. The fourth-order valence-electron chi connectivity index (χ4n) is 2.38. The second-order valence-electron chi connectivity index (χ2n) is 5.11. The Balaban J connectivity index is 2.78. The van der Waals surface area contributed by atoms with Crippen LogP contribution in [0.1, 0.15) is 36.6 Å². The van der Waals surface area contributed by atoms with Crippen LogP contribution in [0.25, 0.3) is 0 Å². The smallest absolute Gasteiger partial charge is 0.181 e. The molecule has 1 aliphatic rings. The second-order valence-corrected chi connectivity index (χ2v) is 7.38. The molecule has 0 bridgehead atoms. The Morgan fingerprint density at radius 1 is 1.12 bits per heavy atom.